The summed E-state index contributed by atoms with van der Waals surface area (Å²) in [5.41, 5.74) is 6.67. The summed E-state index contributed by atoms with van der Waals surface area (Å²) in [7, 11) is 0. The number of amides is 2. The minimum Gasteiger partial charge on any atom is -0.506 e. The molecule has 5 N–H and O–H groups in total. The predicted octanol–water partition coefficient (Wildman–Crippen LogP) is 1.43. The first kappa shape index (κ1) is 21.4. The molecule has 1 aliphatic rings. The van der Waals surface area contributed by atoms with Crippen LogP contribution in [0, 0.1) is 0 Å². The summed E-state index contributed by atoms with van der Waals surface area (Å²) in [6, 6.07) is 9.46. The second kappa shape index (κ2) is 9.47. The molecule has 160 valence electrons. The molecule has 0 radical (unpaired) electrons. The molecule has 1 heterocycles. The van der Waals surface area contributed by atoms with Crippen LogP contribution in [0.15, 0.2) is 36.4 Å². The van der Waals surface area contributed by atoms with Gasteiger partial charge in [0.15, 0.2) is 0 Å². The summed E-state index contributed by atoms with van der Waals surface area (Å²) in [5, 5.41) is 24.5. The predicted molar refractivity (Wildman–Crippen MR) is 109 cm³/mol. The SMILES string of the molecule is CCN(CC(O)COc1ccc(O)c2c1CCC(=O)N2)Oc1ccc(C(N)=O)cc1. The minimum absolute atomic E-state index is 0.00559. The van der Waals surface area contributed by atoms with Crippen LogP contribution in [0.25, 0.3) is 0 Å². The molecule has 0 fully saturated rings. The molecule has 1 atom stereocenters. The van der Waals surface area contributed by atoms with Crippen molar-refractivity contribution in [1.82, 2.24) is 5.06 Å². The molecule has 2 aromatic rings. The monoisotopic (exact) mass is 415 g/mol. The highest BCUT2D eigenvalue weighted by Crippen LogP contribution is 2.38. The molecular formula is C21H25N3O6. The van der Waals surface area contributed by atoms with Crippen LogP contribution in [0.1, 0.15) is 29.3 Å². The summed E-state index contributed by atoms with van der Waals surface area (Å²) in [6.07, 6.45) is -0.0918. The van der Waals surface area contributed by atoms with Crippen LogP contribution in [-0.2, 0) is 11.2 Å². The first-order valence-electron chi connectivity index (χ1n) is 9.65. The number of likely N-dealkylation sites (N-methyl/N-ethyl adjacent to an activating group) is 1. The Balaban J connectivity index is 1.57. The van der Waals surface area contributed by atoms with Crippen LogP contribution in [-0.4, -0.2) is 52.9 Å². The number of phenols is 1. The zero-order valence-electron chi connectivity index (χ0n) is 16.6. The largest absolute Gasteiger partial charge is 0.506 e. The van der Waals surface area contributed by atoms with E-state index in [0.717, 1.165) is 0 Å². The van der Waals surface area contributed by atoms with E-state index in [-0.39, 0.29) is 24.8 Å². The molecule has 2 amide bonds. The number of aliphatic hydroxyl groups is 1. The molecular weight excluding hydrogens is 390 g/mol. The first-order chi connectivity index (χ1) is 14.4. The zero-order chi connectivity index (χ0) is 21.7. The number of hydrogen-bond acceptors (Lipinski definition) is 7. The van der Waals surface area contributed by atoms with E-state index in [1.165, 1.54) is 6.07 Å². The number of phenolic OH excluding ortho intramolecular Hbond substituents is 1. The van der Waals surface area contributed by atoms with Crippen molar-refractivity contribution in [3.63, 3.8) is 0 Å². The second-order valence-electron chi connectivity index (χ2n) is 6.91. The van der Waals surface area contributed by atoms with E-state index in [2.05, 4.69) is 5.32 Å². The van der Waals surface area contributed by atoms with Gasteiger partial charge in [0.05, 0.1) is 12.2 Å². The molecule has 3 rings (SSSR count). The Labute approximate surface area is 174 Å². The number of benzene rings is 2. The van der Waals surface area contributed by atoms with Gasteiger partial charge in [0.25, 0.3) is 0 Å². The van der Waals surface area contributed by atoms with Crippen molar-refractivity contribution < 1.29 is 29.4 Å². The fourth-order valence-electron chi connectivity index (χ4n) is 3.11. The van der Waals surface area contributed by atoms with Crippen LogP contribution in [0.2, 0.25) is 0 Å². The van der Waals surface area contributed by atoms with Gasteiger partial charge in [-0.3, -0.25) is 9.59 Å². The number of primary amides is 1. The first-order valence-corrected chi connectivity index (χ1v) is 9.65. The van der Waals surface area contributed by atoms with Gasteiger partial charge in [-0.2, -0.15) is 0 Å². The number of hydroxylamine groups is 2. The van der Waals surface area contributed by atoms with Crippen molar-refractivity contribution in [2.24, 2.45) is 5.73 Å². The van der Waals surface area contributed by atoms with Gasteiger partial charge in [-0.25, -0.2) is 0 Å². The summed E-state index contributed by atoms with van der Waals surface area (Å²) in [4.78, 5) is 28.4. The van der Waals surface area contributed by atoms with Crippen molar-refractivity contribution in [2.45, 2.75) is 25.9 Å². The number of ether oxygens (including phenoxy) is 1. The van der Waals surface area contributed by atoms with E-state index in [1.807, 2.05) is 6.92 Å². The Bertz CT molecular complexity index is 916. The van der Waals surface area contributed by atoms with Crippen LogP contribution < -0.4 is 20.6 Å². The summed E-state index contributed by atoms with van der Waals surface area (Å²) in [6.45, 7) is 2.58. The number of hydrogen-bond donors (Lipinski definition) is 4. The Hall–Kier alpha value is -3.30. The van der Waals surface area contributed by atoms with Crippen LogP contribution >= 0.6 is 0 Å². The molecule has 0 spiro atoms. The lowest BCUT2D eigenvalue weighted by molar-refractivity contribution is -0.116. The van der Waals surface area contributed by atoms with Crippen LogP contribution in [0.5, 0.6) is 17.2 Å². The van der Waals surface area contributed by atoms with Crippen molar-refractivity contribution >= 4 is 17.5 Å². The summed E-state index contributed by atoms with van der Waals surface area (Å²) < 4.78 is 5.75. The molecule has 9 heteroatoms. The summed E-state index contributed by atoms with van der Waals surface area (Å²) in [5.74, 6) is 0.331. The quantitative estimate of drug-likeness (QED) is 0.359. The highest BCUT2D eigenvalue weighted by Gasteiger charge is 2.22. The fourth-order valence-corrected chi connectivity index (χ4v) is 3.11. The lowest BCUT2D eigenvalue weighted by Crippen LogP contribution is -2.37. The molecule has 30 heavy (non-hydrogen) atoms. The lowest BCUT2D eigenvalue weighted by atomic mass is 10.0. The van der Waals surface area contributed by atoms with E-state index >= 15 is 0 Å². The maximum Gasteiger partial charge on any atom is 0.248 e. The number of nitrogens with one attached hydrogen (secondary N) is 1. The third kappa shape index (κ3) is 5.19. The molecule has 0 saturated heterocycles. The van der Waals surface area contributed by atoms with Gasteiger partial charge in [-0.1, -0.05) is 0 Å². The third-order valence-corrected chi connectivity index (χ3v) is 4.69. The number of carbonyl (C=O) groups is 2. The molecule has 0 aromatic heterocycles. The van der Waals surface area contributed by atoms with Crippen molar-refractivity contribution in [3.05, 3.63) is 47.5 Å². The Morgan fingerprint density at radius 3 is 2.63 bits per heavy atom. The average Bonchev–Trinajstić information content (AvgIpc) is 2.73. The van der Waals surface area contributed by atoms with Crippen LogP contribution in [0.3, 0.4) is 0 Å². The number of nitrogens with two attached hydrogens (primary N) is 1. The number of anilines is 1. The molecule has 1 unspecified atom stereocenters. The van der Waals surface area contributed by atoms with Gasteiger partial charge < -0.3 is 30.8 Å². The van der Waals surface area contributed by atoms with Gasteiger partial charge in [0.2, 0.25) is 11.8 Å². The number of aromatic hydroxyl groups is 1. The van der Waals surface area contributed by atoms with Crippen molar-refractivity contribution in [1.29, 1.82) is 0 Å². The highest BCUT2D eigenvalue weighted by molar-refractivity contribution is 5.96. The number of rotatable bonds is 9. The lowest BCUT2D eigenvalue weighted by Gasteiger charge is -2.25. The zero-order valence-corrected chi connectivity index (χ0v) is 16.6. The Kier molecular flexibility index (Phi) is 6.76. The Morgan fingerprint density at radius 2 is 1.97 bits per heavy atom. The topological polar surface area (TPSA) is 134 Å². The van der Waals surface area contributed by atoms with Gasteiger partial charge in [-0.15, -0.1) is 5.06 Å². The highest BCUT2D eigenvalue weighted by atomic mass is 16.7. The van der Waals surface area contributed by atoms with Gasteiger partial charge in [0, 0.05) is 24.1 Å². The molecule has 9 nitrogen and oxygen atoms in total. The number of carbonyl (C=O) groups excluding carboxylic acids is 2. The third-order valence-electron chi connectivity index (χ3n) is 4.69. The second-order valence-corrected chi connectivity index (χ2v) is 6.91. The smallest absolute Gasteiger partial charge is 0.248 e. The van der Waals surface area contributed by atoms with Gasteiger partial charge in [-0.05, 0) is 49.7 Å². The van der Waals surface area contributed by atoms with E-state index in [1.54, 1.807) is 35.4 Å². The fraction of sp³-hybridized carbons (Fsp3) is 0.333. The van der Waals surface area contributed by atoms with E-state index in [4.69, 9.17) is 15.3 Å². The maximum atomic E-state index is 11.6. The maximum absolute atomic E-state index is 11.6. The van der Waals surface area contributed by atoms with Crippen LogP contribution in [0.4, 0.5) is 5.69 Å². The van der Waals surface area contributed by atoms with Gasteiger partial charge in [0.1, 0.15) is 30.0 Å². The minimum atomic E-state index is -0.850. The number of aliphatic hydroxyl groups excluding tert-OH is 1. The van der Waals surface area contributed by atoms with E-state index in [0.29, 0.717) is 47.7 Å². The average molecular weight is 415 g/mol. The van der Waals surface area contributed by atoms with Crippen molar-refractivity contribution in [3.8, 4) is 17.2 Å². The van der Waals surface area contributed by atoms with E-state index in [9.17, 15) is 19.8 Å². The normalized spacial score (nSPS) is 14.0. The van der Waals surface area contributed by atoms with Crippen molar-refractivity contribution in [2.75, 3.05) is 25.0 Å². The molecule has 2 aromatic carbocycles. The number of fused-ring (bicyclic) bond motifs is 1. The molecule has 1 aliphatic heterocycles. The number of nitrogens with zero attached hydrogens (tertiary/aromatic N) is 1. The van der Waals surface area contributed by atoms with E-state index < -0.39 is 12.0 Å². The summed E-state index contributed by atoms with van der Waals surface area (Å²) >= 11 is 0. The Morgan fingerprint density at radius 1 is 1.23 bits per heavy atom. The molecule has 0 aliphatic carbocycles. The molecule has 0 saturated carbocycles. The molecule has 0 bridgehead atoms. The van der Waals surface area contributed by atoms with Gasteiger partial charge >= 0.3 is 0 Å². The standard InChI is InChI=1S/C21H25N3O6/c1-2-24(30-15-5-3-13(4-6-15)21(22)28)11-14(25)12-29-18-9-8-17(26)20-16(18)7-10-19(27)23-20/h3-6,8-9,14,25-26H,2,7,10-12H2,1H3,(H2,22,28)(H,23,27).